The van der Waals surface area contributed by atoms with Crippen molar-refractivity contribution in [3.8, 4) is 11.5 Å². The molecule has 0 saturated carbocycles. The van der Waals surface area contributed by atoms with Gasteiger partial charge in [0.1, 0.15) is 0 Å². The van der Waals surface area contributed by atoms with Gasteiger partial charge >= 0.3 is 0 Å². The van der Waals surface area contributed by atoms with Crippen LogP contribution in [-0.2, 0) is 12.3 Å². The molecule has 0 unspecified atom stereocenters. The summed E-state index contributed by atoms with van der Waals surface area (Å²) < 4.78 is 8.54. The van der Waals surface area contributed by atoms with E-state index in [0.29, 0.717) is 40.1 Å². The molecule has 0 N–H and O–H groups in total. The summed E-state index contributed by atoms with van der Waals surface area (Å²) in [7, 11) is 0. The van der Waals surface area contributed by atoms with E-state index < -0.39 is 0 Å². The minimum atomic E-state index is -0.0598. The molecule has 8 heteroatoms. The number of thioether (sulfide) groups is 1. The SMILES string of the molecule is O=c1c2cc(I)ccc2nc(SCc2nnc(-c3ccccc3)o2)n1Cc1ccccc1. The summed E-state index contributed by atoms with van der Waals surface area (Å²) in [6, 6.07) is 25.3. The van der Waals surface area contributed by atoms with Crippen molar-refractivity contribution < 1.29 is 4.42 Å². The van der Waals surface area contributed by atoms with Crippen LogP contribution in [0.5, 0.6) is 0 Å². The second-order valence-corrected chi connectivity index (χ2v) is 9.28. The Bertz CT molecular complexity index is 1440. The molecule has 0 saturated heterocycles. The largest absolute Gasteiger partial charge is 0.420 e. The van der Waals surface area contributed by atoms with Crippen LogP contribution in [0.2, 0.25) is 0 Å². The van der Waals surface area contributed by atoms with Gasteiger partial charge in [0.15, 0.2) is 5.16 Å². The zero-order valence-electron chi connectivity index (χ0n) is 16.8. The van der Waals surface area contributed by atoms with E-state index in [1.165, 1.54) is 11.8 Å². The summed E-state index contributed by atoms with van der Waals surface area (Å²) >= 11 is 3.63. The zero-order valence-corrected chi connectivity index (χ0v) is 19.8. The van der Waals surface area contributed by atoms with Crippen LogP contribution in [0.3, 0.4) is 0 Å². The molecule has 0 amide bonds. The van der Waals surface area contributed by atoms with Crippen LogP contribution in [0.25, 0.3) is 22.4 Å². The lowest BCUT2D eigenvalue weighted by molar-refractivity contribution is 0.528. The normalized spacial score (nSPS) is 11.2. The first kappa shape index (κ1) is 20.9. The number of aromatic nitrogens is 4. The van der Waals surface area contributed by atoms with Gasteiger partial charge in [0.2, 0.25) is 11.8 Å². The van der Waals surface area contributed by atoms with Gasteiger partial charge in [0, 0.05) is 9.13 Å². The highest BCUT2D eigenvalue weighted by Gasteiger charge is 2.15. The number of halogens is 1. The third-order valence-corrected chi connectivity index (χ3v) is 6.51. The number of hydrogen-bond donors (Lipinski definition) is 0. The fraction of sp³-hybridized carbons (Fsp3) is 0.0833. The van der Waals surface area contributed by atoms with E-state index in [4.69, 9.17) is 9.40 Å². The summed E-state index contributed by atoms with van der Waals surface area (Å²) in [6.45, 7) is 0.440. The second kappa shape index (κ2) is 9.25. The van der Waals surface area contributed by atoms with E-state index >= 15 is 0 Å². The monoisotopic (exact) mass is 552 g/mol. The highest BCUT2D eigenvalue weighted by molar-refractivity contribution is 14.1. The fourth-order valence-corrected chi connectivity index (χ4v) is 4.65. The van der Waals surface area contributed by atoms with Crippen molar-refractivity contribution in [2.45, 2.75) is 17.5 Å². The maximum atomic E-state index is 13.4. The van der Waals surface area contributed by atoms with Gasteiger partial charge in [-0.1, -0.05) is 60.3 Å². The first-order valence-corrected chi connectivity index (χ1v) is 12.0. The van der Waals surface area contributed by atoms with Crippen LogP contribution in [0.1, 0.15) is 11.5 Å². The summed E-state index contributed by atoms with van der Waals surface area (Å²) in [6.07, 6.45) is 0. The van der Waals surface area contributed by atoms with Crippen molar-refractivity contribution in [3.63, 3.8) is 0 Å². The lowest BCUT2D eigenvalue weighted by Gasteiger charge is -2.13. The van der Waals surface area contributed by atoms with Crippen LogP contribution < -0.4 is 5.56 Å². The van der Waals surface area contributed by atoms with Gasteiger partial charge in [-0.05, 0) is 58.5 Å². The number of benzene rings is 3. The zero-order chi connectivity index (χ0) is 21.9. The summed E-state index contributed by atoms with van der Waals surface area (Å²) in [4.78, 5) is 18.1. The molecule has 32 heavy (non-hydrogen) atoms. The molecule has 158 valence electrons. The van der Waals surface area contributed by atoms with Gasteiger partial charge in [0.05, 0.1) is 23.2 Å². The van der Waals surface area contributed by atoms with Crippen molar-refractivity contribution in [1.29, 1.82) is 0 Å². The summed E-state index contributed by atoms with van der Waals surface area (Å²) in [5, 5.41) is 9.54. The molecule has 0 atom stereocenters. The Morgan fingerprint density at radius 1 is 0.938 bits per heavy atom. The van der Waals surface area contributed by atoms with Crippen molar-refractivity contribution in [2.75, 3.05) is 0 Å². The van der Waals surface area contributed by atoms with Crippen LogP contribution in [0, 0.1) is 3.57 Å². The van der Waals surface area contributed by atoms with Gasteiger partial charge in [0.25, 0.3) is 5.56 Å². The predicted octanol–water partition coefficient (Wildman–Crippen LogP) is 5.39. The second-order valence-electron chi connectivity index (χ2n) is 7.09. The molecule has 3 aromatic carbocycles. The predicted molar refractivity (Wildman–Crippen MR) is 134 cm³/mol. The summed E-state index contributed by atoms with van der Waals surface area (Å²) in [5.41, 5.74) is 2.52. The Morgan fingerprint density at radius 2 is 1.69 bits per heavy atom. The first-order valence-electron chi connectivity index (χ1n) is 9.92. The highest BCUT2D eigenvalue weighted by Crippen LogP contribution is 2.25. The molecule has 0 aliphatic carbocycles. The molecule has 0 aliphatic heterocycles. The van der Waals surface area contributed by atoms with Crippen LogP contribution in [0.4, 0.5) is 0 Å². The van der Waals surface area contributed by atoms with Crippen LogP contribution in [-0.4, -0.2) is 19.7 Å². The van der Waals surface area contributed by atoms with Crippen molar-refractivity contribution in [1.82, 2.24) is 19.7 Å². The molecule has 2 heterocycles. The van der Waals surface area contributed by atoms with E-state index in [2.05, 4.69) is 32.8 Å². The third-order valence-electron chi connectivity index (χ3n) is 4.88. The molecule has 0 bridgehead atoms. The molecule has 6 nitrogen and oxygen atoms in total. The molecule has 0 spiro atoms. The minimum Gasteiger partial charge on any atom is -0.420 e. The molecule has 5 aromatic rings. The van der Waals surface area contributed by atoms with Crippen LogP contribution in [0.15, 0.2) is 93.2 Å². The average Bonchev–Trinajstić information content (AvgIpc) is 3.31. The number of hydrogen-bond acceptors (Lipinski definition) is 6. The van der Waals surface area contributed by atoms with Gasteiger partial charge in [-0.2, -0.15) is 0 Å². The molecular weight excluding hydrogens is 535 g/mol. The minimum absolute atomic E-state index is 0.0598. The van der Waals surface area contributed by atoms with Gasteiger partial charge < -0.3 is 4.42 Å². The topological polar surface area (TPSA) is 73.8 Å². The molecule has 0 fully saturated rings. The van der Waals surface area contributed by atoms with Crippen molar-refractivity contribution in [3.05, 3.63) is 104 Å². The van der Waals surface area contributed by atoms with Crippen LogP contribution >= 0.6 is 34.4 Å². The Hall–Kier alpha value is -2.98. The quantitative estimate of drug-likeness (QED) is 0.160. The first-order chi connectivity index (χ1) is 15.7. The van der Waals surface area contributed by atoms with Gasteiger partial charge in [-0.15, -0.1) is 10.2 Å². The Labute approximate surface area is 201 Å². The molecule has 2 aromatic heterocycles. The number of rotatable bonds is 6. The average molecular weight is 552 g/mol. The third kappa shape index (κ3) is 4.46. The Kier molecular flexibility index (Phi) is 6.04. The molecule has 0 radical (unpaired) electrons. The fourth-order valence-electron chi connectivity index (χ4n) is 3.32. The van der Waals surface area contributed by atoms with Crippen molar-refractivity contribution >= 4 is 45.3 Å². The van der Waals surface area contributed by atoms with E-state index in [1.807, 2.05) is 78.9 Å². The van der Waals surface area contributed by atoms with E-state index in [9.17, 15) is 4.79 Å². The van der Waals surface area contributed by atoms with E-state index in [-0.39, 0.29) is 5.56 Å². The van der Waals surface area contributed by atoms with E-state index in [1.54, 1.807) is 4.57 Å². The number of nitrogens with zero attached hydrogens (tertiary/aromatic N) is 4. The standard InChI is InChI=1S/C24H17IN4O2S/c25-18-11-12-20-19(13-18)23(30)29(14-16-7-3-1-4-8-16)24(26-20)32-15-21-27-28-22(31-21)17-9-5-2-6-10-17/h1-13H,14-15H2. The maximum absolute atomic E-state index is 13.4. The van der Waals surface area contributed by atoms with E-state index in [0.717, 1.165) is 14.7 Å². The van der Waals surface area contributed by atoms with Gasteiger partial charge in [-0.25, -0.2) is 4.98 Å². The number of fused-ring (bicyclic) bond motifs is 1. The highest BCUT2D eigenvalue weighted by atomic mass is 127. The van der Waals surface area contributed by atoms with Crippen molar-refractivity contribution in [2.24, 2.45) is 0 Å². The lowest BCUT2D eigenvalue weighted by Crippen LogP contribution is -2.24. The lowest BCUT2D eigenvalue weighted by atomic mass is 10.2. The Balaban J connectivity index is 1.48. The molecule has 0 aliphatic rings. The Morgan fingerprint density at radius 3 is 2.47 bits per heavy atom. The molecular formula is C24H17IN4O2S. The smallest absolute Gasteiger partial charge is 0.262 e. The maximum Gasteiger partial charge on any atom is 0.262 e. The summed E-state index contributed by atoms with van der Waals surface area (Å²) in [5.74, 6) is 1.37. The van der Waals surface area contributed by atoms with Gasteiger partial charge in [-0.3, -0.25) is 9.36 Å². The molecule has 5 rings (SSSR count).